The standard InChI is InChI=1S/C33H31FN6O4/c34-28-13-6-4-12-26(28)22-36-39-32(42)33(21-25-11-5-7-14-29(25)38-40-35)30(23-9-2-1-3-10-23)44-31(37-33)24-15-17-27(18-16-24)43-20-8-19-41/h1-7,9-18,30,36,41H,8,19-22H2,(H,39,42)/t30-,33-/m0/s1. The topological polar surface area (TPSA) is 141 Å². The molecular weight excluding hydrogens is 563 g/mol. The third-order valence-corrected chi connectivity index (χ3v) is 7.17. The third-order valence-electron chi connectivity index (χ3n) is 7.17. The molecule has 0 fully saturated rings. The fourth-order valence-electron chi connectivity index (χ4n) is 4.98. The smallest absolute Gasteiger partial charge is 0.266 e. The normalized spacial score (nSPS) is 17.2. The lowest BCUT2D eigenvalue weighted by Crippen LogP contribution is -2.53. The predicted molar refractivity (Wildman–Crippen MR) is 164 cm³/mol. The summed E-state index contributed by atoms with van der Waals surface area (Å²) in [4.78, 5) is 22.2. The number of rotatable bonds is 13. The quantitative estimate of drug-likeness (QED) is 0.0586. The van der Waals surface area contributed by atoms with Crippen LogP contribution in [0.2, 0.25) is 0 Å². The highest BCUT2D eigenvalue weighted by Gasteiger charge is 2.53. The van der Waals surface area contributed by atoms with Crippen LogP contribution in [0.15, 0.2) is 113 Å². The van der Waals surface area contributed by atoms with Crippen LogP contribution in [0.3, 0.4) is 0 Å². The zero-order valence-electron chi connectivity index (χ0n) is 23.8. The maximum atomic E-state index is 14.3. The van der Waals surface area contributed by atoms with Crippen molar-refractivity contribution in [3.05, 3.63) is 142 Å². The summed E-state index contributed by atoms with van der Waals surface area (Å²) in [6.45, 7) is 0.442. The molecule has 0 spiro atoms. The summed E-state index contributed by atoms with van der Waals surface area (Å²) in [6, 6.07) is 29.7. The average Bonchev–Trinajstić information content (AvgIpc) is 3.44. The van der Waals surface area contributed by atoms with E-state index in [2.05, 4.69) is 20.9 Å². The number of nitrogens with zero attached hydrogens (tertiary/aromatic N) is 4. The van der Waals surface area contributed by atoms with Gasteiger partial charge in [-0.25, -0.2) is 14.8 Å². The van der Waals surface area contributed by atoms with E-state index in [9.17, 15) is 14.7 Å². The van der Waals surface area contributed by atoms with Gasteiger partial charge >= 0.3 is 0 Å². The number of hydrogen-bond acceptors (Lipinski definition) is 7. The number of hydrogen-bond donors (Lipinski definition) is 3. The first-order valence-corrected chi connectivity index (χ1v) is 14.1. The summed E-state index contributed by atoms with van der Waals surface area (Å²) < 4.78 is 26.4. The van der Waals surface area contributed by atoms with Crippen molar-refractivity contribution >= 4 is 17.5 Å². The molecule has 2 atom stereocenters. The van der Waals surface area contributed by atoms with E-state index in [4.69, 9.17) is 19.6 Å². The number of carbonyl (C=O) groups excluding carboxylic acids is 1. The largest absolute Gasteiger partial charge is 0.494 e. The lowest BCUT2D eigenvalue weighted by atomic mass is 9.81. The third kappa shape index (κ3) is 6.87. The van der Waals surface area contributed by atoms with E-state index in [1.54, 1.807) is 66.7 Å². The summed E-state index contributed by atoms with van der Waals surface area (Å²) >= 11 is 0. The molecule has 1 aliphatic heterocycles. The summed E-state index contributed by atoms with van der Waals surface area (Å²) in [7, 11) is 0. The molecule has 0 aliphatic carbocycles. The Morgan fingerprint density at radius 2 is 1.70 bits per heavy atom. The fraction of sp³-hybridized carbons (Fsp3) is 0.212. The Balaban J connectivity index is 1.54. The minimum absolute atomic E-state index is 0.0286. The summed E-state index contributed by atoms with van der Waals surface area (Å²) in [5.74, 6) is -0.0589. The first-order chi connectivity index (χ1) is 21.5. The van der Waals surface area contributed by atoms with Gasteiger partial charge in [0, 0.05) is 47.7 Å². The highest BCUT2D eigenvalue weighted by atomic mass is 19.1. The number of halogens is 1. The molecule has 3 N–H and O–H groups in total. The highest BCUT2D eigenvalue weighted by Crippen LogP contribution is 2.43. The molecule has 0 radical (unpaired) electrons. The second kappa shape index (κ2) is 14.3. The Morgan fingerprint density at radius 3 is 2.43 bits per heavy atom. The number of hydrazine groups is 1. The van der Waals surface area contributed by atoms with Crippen LogP contribution in [0.1, 0.15) is 34.8 Å². The molecule has 1 amide bonds. The highest BCUT2D eigenvalue weighted by molar-refractivity contribution is 6.01. The number of benzene rings is 4. The van der Waals surface area contributed by atoms with Gasteiger partial charge in [0.15, 0.2) is 11.6 Å². The molecule has 1 heterocycles. The summed E-state index contributed by atoms with van der Waals surface area (Å²) in [5, 5.41) is 12.9. The van der Waals surface area contributed by atoms with Gasteiger partial charge in [-0.05, 0) is 47.0 Å². The Hall–Kier alpha value is -5.22. The van der Waals surface area contributed by atoms with E-state index < -0.39 is 23.4 Å². The van der Waals surface area contributed by atoms with Crippen LogP contribution in [0.25, 0.3) is 10.4 Å². The van der Waals surface area contributed by atoms with Gasteiger partial charge in [0.25, 0.3) is 5.91 Å². The lowest BCUT2D eigenvalue weighted by Gasteiger charge is -2.31. The maximum Gasteiger partial charge on any atom is 0.266 e. The molecule has 44 heavy (non-hydrogen) atoms. The molecule has 5 rings (SSSR count). The van der Waals surface area contributed by atoms with E-state index in [1.807, 2.05) is 30.3 Å². The molecule has 1 aliphatic rings. The van der Waals surface area contributed by atoms with Crippen LogP contribution in [0, 0.1) is 5.82 Å². The van der Waals surface area contributed by atoms with Crippen molar-refractivity contribution in [3.8, 4) is 5.75 Å². The van der Waals surface area contributed by atoms with Crippen LogP contribution in [0.5, 0.6) is 5.75 Å². The fourth-order valence-corrected chi connectivity index (χ4v) is 4.98. The Labute approximate surface area is 253 Å². The van der Waals surface area contributed by atoms with E-state index in [1.165, 1.54) is 6.07 Å². The molecule has 224 valence electrons. The van der Waals surface area contributed by atoms with Crippen molar-refractivity contribution in [1.82, 2.24) is 10.9 Å². The van der Waals surface area contributed by atoms with Crippen molar-refractivity contribution in [2.45, 2.75) is 31.0 Å². The predicted octanol–water partition coefficient (Wildman–Crippen LogP) is 5.85. The average molecular weight is 595 g/mol. The summed E-state index contributed by atoms with van der Waals surface area (Å²) in [6.07, 6.45) is -0.328. The number of amides is 1. The Kier molecular flexibility index (Phi) is 9.83. The van der Waals surface area contributed by atoms with Crippen molar-refractivity contribution in [3.63, 3.8) is 0 Å². The number of aliphatic hydroxyl groups is 1. The first-order valence-electron chi connectivity index (χ1n) is 14.1. The van der Waals surface area contributed by atoms with Crippen LogP contribution >= 0.6 is 0 Å². The molecule has 4 aromatic carbocycles. The zero-order valence-corrected chi connectivity index (χ0v) is 23.8. The minimum Gasteiger partial charge on any atom is -0.494 e. The number of azide groups is 1. The second-order valence-electron chi connectivity index (χ2n) is 10.1. The van der Waals surface area contributed by atoms with Crippen LogP contribution in [-0.4, -0.2) is 35.7 Å². The first kappa shape index (κ1) is 30.2. The van der Waals surface area contributed by atoms with E-state index in [0.29, 0.717) is 46.7 Å². The van der Waals surface area contributed by atoms with Crippen LogP contribution in [-0.2, 0) is 22.5 Å². The molecule has 0 saturated carbocycles. The monoisotopic (exact) mass is 594 g/mol. The van der Waals surface area contributed by atoms with Gasteiger partial charge < -0.3 is 14.6 Å². The Morgan fingerprint density at radius 1 is 1.00 bits per heavy atom. The Bertz CT molecular complexity index is 1660. The van der Waals surface area contributed by atoms with E-state index in [0.717, 1.165) is 0 Å². The van der Waals surface area contributed by atoms with E-state index in [-0.39, 0.29) is 25.5 Å². The van der Waals surface area contributed by atoms with Gasteiger partial charge in [-0.2, -0.15) is 0 Å². The van der Waals surface area contributed by atoms with Gasteiger partial charge in [0.05, 0.1) is 6.61 Å². The molecule has 10 nitrogen and oxygen atoms in total. The maximum absolute atomic E-state index is 14.3. The van der Waals surface area contributed by atoms with Crippen molar-refractivity contribution in [2.75, 3.05) is 13.2 Å². The van der Waals surface area contributed by atoms with E-state index >= 15 is 0 Å². The number of aliphatic hydroxyl groups excluding tert-OH is 1. The molecule has 0 bridgehead atoms. The lowest BCUT2D eigenvalue weighted by molar-refractivity contribution is -0.130. The minimum atomic E-state index is -1.56. The van der Waals surface area contributed by atoms with Crippen molar-refractivity contribution in [1.29, 1.82) is 0 Å². The number of aliphatic imine (C=N–C) groups is 1. The van der Waals surface area contributed by atoms with Gasteiger partial charge in [-0.1, -0.05) is 77.9 Å². The van der Waals surface area contributed by atoms with Gasteiger partial charge in [-0.3, -0.25) is 10.2 Å². The van der Waals surface area contributed by atoms with Gasteiger partial charge in [0.1, 0.15) is 11.6 Å². The van der Waals surface area contributed by atoms with Crippen LogP contribution < -0.4 is 15.6 Å². The summed E-state index contributed by atoms with van der Waals surface area (Å²) in [5.41, 5.74) is 15.9. The molecule has 11 heteroatoms. The molecule has 0 aromatic heterocycles. The second-order valence-corrected chi connectivity index (χ2v) is 10.1. The number of ether oxygens (including phenoxy) is 2. The van der Waals surface area contributed by atoms with Crippen LogP contribution in [0.4, 0.5) is 10.1 Å². The zero-order chi connectivity index (χ0) is 30.8. The van der Waals surface area contributed by atoms with Crippen molar-refractivity contribution < 1.29 is 23.8 Å². The molecule has 0 unspecified atom stereocenters. The SMILES string of the molecule is [N-]=[N+]=Nc1ccccc1C[C@]1(C(=O)NNCc2ccccc2F)N=C(c2ccc(OCCCO)cc2)O[C@H]1c1ccccc1. The van der Waals surface area contributed by atoms with Crippen molar-refractivity contribution in [2.24, 2.45) is 10.1 Å². The number of nitrogens with one attached hydrogen (secondary N) is 2. The molecule has 0 saturated heterocycles. The molecular formula is C33H31FN6O4. The van der Waals surface area contributed by atoms with Gasteiger partial charge in [-0.15, -0.1) is 0 Å². The molecule has 4 aromatic rings. The number of carbonyl (C=O) groups is 1. The van der Waals surface area contributed by atoms with Gasteiger partial charge in [0.2, 0.25) is 5.90 Å².